The molecular weight excluding hydrogens is 215 g/mol. The van der Waals surface area contributed by atoms with E-state index in [0.29, 0.717) is 10.5 Å². The summed E-state index contributed by atoms with van der Waals surface area (Å²) in [6, 6.07) is 6.59. The van der Waals surface area contributed by atoms with Gasteiger partial charge in [0.05, 0.1) is 0 Å². The van der Waals surface area contributed by atoms with E-state index < -0.39 is 12.3 Å². The predicted octanol–water partition coefficient (Wildman–Crippen LogP) is 3.73. The summed E-state index contributed by atoms with van der Waals surface area (Å²) in [6.07, 6.45) is -4.28. The van der Waals surface area contributed by atoms with Crippen LogP contribution in [0.4, 0.5) is 13.2 Å². The van der Waals surface area contributed by atoms with Gasteiger partial charge in [-0.3, -0.25) is 0 Å². The molecule has 0 atom stereocenters. The van der Waals surface area contributed by atoms with E-state index in [1.807, 2.05) is 13.0 Å². The fraction of sp³-hybridized carbons (Fsp3) is 0.500. The zero-order valence-corrected chi connectivity index (χ0v) is 9.67. The molecule has 1 rings (SSSR count). The first-order valence-electron chi connectivity index (χ1n) is 5.19. The van der Waals surface area contributed by atoms with Crippen LogP contribution in [0.1, 0.15) is 25.0 Å². The summed E-state index contributed by atoms with van der Waals surface area (Å²) in [5.74, 6) is 0. The molecule has 0 aromatic heterocycles. The summed E-state index contributed by atoms with van der Waals surface area (Å²) in [7, 11) is 0. The number of alkyl halides is 3. The second-order valence-corrected chi connectivity index (χ2v) is 4.18. The van der Waals surface area contributed by atoms with E-state index in [0.717, 1.165) is 5.56 Å². The third kappa shape index (κ3) is 3.52. The van der Waals surface area contributed by atoms with Crippen molar-refractivity contribution in [3.05, 3.63) is 35.4 Å². The van der Waals surface area contributed by atoms with Gasteiger partial charge in [0, 0.05) is 12.6 Å². The van der Waals surface area contributed by atoms with E-state index >= 15 is 0 Å². The Morgan fingerprint density at radius 2 is 1.88 bits per heavy atom. The van der Waals surface area contributed by atoms with Crippen LogP contribution < -0.4 is 0 Å². The highest BCUT2D eigenvalue weighted by Gasteiger charge is 2.38. The summed E-state index contributed by atoms with van der Waals surface area (Å²) >= 11 is 0. The van der Waals surface area contributed by atoms with Crippen molar-refractivity contribution in [2.24, 2.45) is 0 Å². The molecule has 0 saturated carbocycles. The van der Waals surface area contributed by atoms with Crippen molar-refractivity contribution in [1.82, 2.24) is 4.90 Å². The van der Waals surface area contributed by atoms with Crippen molar-refractivity contribution < 1.29 is 13.2 Å². The van der Waals surface area contributed by atoms with Gasteiger partial charge in [0.25, 0.3) is 0 Å². The van der Waals surface area contributed by atoms with Crippen molar-refractivity contribution in [1.29, 1.82) is 0 Å². The minimum Gasteiger partial charge on any atom is -0.208 e. The molecule has 0 spiro atoms. The molecule has 0 aliphatic heterocycles. The first-order valence-corrected chi connectivity index (χ1v) is 5.19. The average molecular weight is 231 g/mol. The van der Waals surface area contributed by atoms with Crippen LogP contribution in [-0.4, -0.2) is 17.2 Å². The quantitative estimate of drug-likeness (QED) is 0.716. The van der Waals surface area contributed by atoms with Gasteiger partial charge in [-0.2, -0.15) is 13.2 Å². The van der Waals surface area contributed by atoms with Crippen LogP contribution in [0.2, 0.25) is 0 Å². The van der Waals surface area contributed by atoms with E-state index in [-0.39, 0.29) is 6.54 Å². The Kier molecular flexibility index (Phi) is 3.97. The average Bonchev–Trinajstić information content (AvgIpc) is 2.12. The van der Waals surface area contributed by atoms with Gasteiger partial charge in [0.1, 0.15) is 0 Å². The lowest BCUT2D eigenvalue weighted by Gasteiger charge is -2.28. The normalized spacial score (nSPS) is 12.5. The molecule has 4 heteroatoms. The van der Waals surface area contributed by atoms with Gasteiger partial charge in [-0.15, -0.1) is 0 Å². The number of hydrogen-bond acceptors (Lipinski definition) is 1. The van der Waals surface area contributed by atoms with Gasteiger partial charge < -0.3 is 0 Å². The topological polar surface area (TPSA) is 3.24 Å². The van der Waals surface area contributed by atoms with Gasteiger partial charge in [-0.25, -0.2) is 4.90 Å². The summed E-state index contributed by atoms with van der Waals surface area (Å²) in [6.45, 7) is 4.87. The highest BCUT2D eigenvalue weighted by molar-refractivity contribution is 5.22. The molecule has 1 aromatic rings. The lowest BCUT2D eigenvalue weighted by Crippen LogP contribution is -2.42. The molecule has 1 aromatic carbocycles. The Labute approximate surface area is 93.9 Å². The molecule has 0 unspecified atom stereocenters. The van der Waals surface area contributed by atoms with Gasteiger partial charge in [-0.1, -0.05) is 29.8 Å². The number of halogens is 3. The van der Waals surface area contributed by atoms with Gasteiger partial charge in [0.15, 0.2) is 0 Å². The van der Waals surface area contributed by atoms with Crippen LogP contribution in [-0.2, 0) is 6.54 Å². The summed E-state index contributed by atoms with van der Waals surface area (Å²) in [5, 5.41) is 0. The number of hydrogen-bond donors (Lipinski definition) is 0. The predicted molar refractivity (Wildman–Crippen MR) is 57.9 cm³/mol. The largest absolute Gasteiger partial charge is 0.460 e. The van der Waals surface area contributed by atoms with E-state index in [9.17, 15) is 13.2 Å². The first-order chi connectivity index (χ1) is 7.30. The van der Waals surface area contributed by atoms with Gasteiger partial charge in [-0.05, 0) is 26.3 Å². The third-order valence-electron chi connectivity index (χ3n) is 2.38. The molecule has 0 aliphatic rings. The Morgan fingerprint density at radius 1 is 1.25 bits per heavy atom. The van der Waals surface area contributed by atoms with Gasteiger partial charge >= 0.3 is 6.30 Å². The van der Waals surface area contributed by atoms with Crippen molar-refractivity contribution in [3.8, 4) is 0 Å². The monoisotopic (exact) mass is 231 g/mol. The third-order valence-corrected chi connectivity index (χ3v) is 2.38. The molecule has 0 radical (unpaired) electrons. The van der Waals surface area contributed by atoms with Crippen molar-refractivity contribution >= 4 is 0 Å². The second kappa shape index (κ2) is 4.87. The van der Waals surface area contributed by atoms with Gasteiger partial charge in [0.2, 0.25) is 0 Å². The molecule has 0 aliphatic carbocycles. The van der Waals surface area contributed by atoms with Crippen LogP contribution in [0.25, 0.3) is 0 Å². The fourth-order valence-corrected chi connectivity index (χ4v) is 1.57. The molecule has 0 saturated heterocycles. The molecule has 0 amide bonds. The molecule has 0 bridgehead atoms. The minimum atomic E-state index is -4.28. The number of benzene rings is 1. The summed E-state index contributed by atoms with van der Waals surface area (Å²) < 4.78 is 38.0. The van der Waals surface area contributed by atoms with Crippen LogP contribution in [0, 0.1) is 6.92 Å². The Balaban J connectivity index is 2.84. The maximum atomic E-state index is 12.7. The summed E-state index contributed by atoms with van der Waals surface area (Å²) in [5.41, 5.74) is 1.66. The molecule has 0 heterocycles. The van der Waals surface area contributed by atoms with E-state index in [1.54, 1.807) is 32.0 Å². The smallest absolute Gasteiger partial charge is 0.208 e. The standard InChI is InChI=1S/C12H16F3N/c1-9(2)16(12(13,14)15)8-11-6-4-5-10(3)7-11/h4-7,9H,8H2,1-3H3. The minimum absolute atomic E-state index is 0.0944. The lowest BCUT2D eigenvalue weighted by atomic mass is 10.1. The van der Waals surface area contributed by atoms with Crippen molar-refractivity contribution in [2.75, 3.05) is 0 Å². The van der Waals surface area contributed by atoms with Crippen LogP contribution in [0.15, 0.2) is 24.3 Å². The zero-order chi connectivity index (χ0) is 12.3. The van der Waals surface area contributed by atoms with Crippen LogP contribution in [0.3, 0.4) is 0 Å². The molecule has 1 nitrogen and oxygen atoms in total. The van der Waals surface area contributed by atoms with E-state index in [2.05, 4.69) is 0 Å². The molecule has 0 N–H and O–H groups in total. The fourth-order valence-electron chi connectivity index (χ4n) is 1.57. The highest BCUT2D eigenvalue weighted by Crippen LogP contribution is 2.26. The van der Waals surface area contributed by atoms with Crippen molar-refractivity contribution in [3.63, 3.8) is 0 Å². The van der Waals surface area contributed by atoms with E-state index in [1.165, 1.54) is 0 Å². The SMILES string of the molecule is Cc1cccc(CN(C(C)C)C(F)(F)F)c1. The van der Waals surface area contributed by atoms with Crippen LogP contribution >= 0.6 is 0 Å². The van der Waals surface area contributed by atoms with Crippen molar-refractivity contribution in [2.45, 2.75) is 39.7 Å². The zero-order valence-electron chi connectivity index (χ0n) is 9.67. The number of rotatable bonds is 3. The number of nitrogens with zero attached hydrogens (tertiary/aromatic N) is 1. The molecule has 90 valence electrons. The number of aryl methyl sites for hydroxylation is 1. The Bertz CT molecular complexity index is 344. The Hall–Kier alpha value is -1.03. The Morgan fingerprint density at radius 3 is 2.31 bits per heavy atom. The van der Waals surface area contributed by atoms with Crippen LogP contribution in [0.5, 0.6) is 0 Å². The first kappa shape index (κ1) is 13.0. The molecule has 16 heavy (non-hydrogen) atoms. The summed E-state index contributed by atoms with van der Waals surface area (Å²) in [4.78, 5) is 0.530. The van der Waals surface area contributed by atoms with E-state index in [4.69, 9.17) is 0 Å². The molecular formula is C12H16F3N. The molecule has 0 fully saturated rings. The maximum Gasteiger partial charge on any atom is 0.460 e. The highest BCUT2D eigenvalue weighted by atomic mass is 19.4. The maximum absolute atomic E-state index is 12.7. The lowest BCUT2D eigenvalue weighted by molar-refractivity contribution is -0.259. The second-order valence-electron chi connectivity index (χ2n) is 4.18.